The summed E-state index contributed by atoms with van der Waals surface area (Å²) in [5.74, 6) is 1.98. The van der Waals surface area contributed by atoms with Crippen LogP contribution in [0.15, 0.2) is 21.3 Å². The Balaban J connectivity index is 1.69. The van der Waals surface area contributed by atoms with Crippen LogP contribution < -0.4 is 5.73 Å². The van der Waals surface area contributed by atoms with Crippen molar-refractivity contribution in [3.05, 3.63) is 22.7 Å². The summed E-state index contributed by atoms with van der Waals surface area (Å²) in [5.41, 5.74) is 6.93. The minimum Gasteiger partial charge on any atom is -0.338 e. The zero-order valence-corrected chi connectivity index (χ0v) is 13.2. The molecule has 0 spiro atoms. The molecule has 1 aliphatic carbocycles. The third-order valence-corrected chi connectivity index (χ3v) is 5.07. The molecule has 1 fully saturated rings. The van der Waals surface area contributed by atoms with Crippen molar-refractivity contribution in [1.29, 1.82) is 0 Å². The molecule has 0 bridgehead atoms. The van der Waals surface area contributed by atoms with E-state index >= 15 is 0 Å². The predicted molar refractivity (Wildman–Crippen MR) is 83.9 cm³/mol. The largest absolute Gasteiger partial charge is 0.338 e. The highest BCUT2D eigenvalue weighted by atomic mass is 32.1. The lowest BCUT2D eigenvalue weighted by molar-refractivity contribution is 0.143. The Hall–Kier alpha value is -1.24. The molecule has 0 aliphatic heterocycles. The average molecular weight is 306 g/mol. The molecule has 0 amide bonds. The molecule has 114 valence electrons. The normalized spacial score (nSPS) is 22.2. The Morgan fingerprint density at radius 1 is 1.48 bits per heavy atom. The van der Waals surface area contributed by atoms with Gasteiger partial charge >= 0.3 is 0 Å². The maximum Gasteiger partial charge on any atom is 0.241 e. The third kappa shape index (κ3) is 3.17. The van der Waals surface area contributed by atoms with Crippen LogP contribution in [0.1, 0.15) is 32.1 Å². The van der Waals surface area contributed by atoms with Gasteiger partial charge in [-0.25, -0.2) is 0 Å². The number of hydrogen-bond donors (Lipinski definition) is 1. The molecule has 3 rings (SSSR count). The van der Waals surface area contributed by atoms with Crippen molar-refractivity contribution in [3.63, 3.8) is 0 Å². The van der Waals surface area contributed by atoms with E-state index in [1.54, 1.807) is 11.3 Å². The first-order valence-electron chi connectivity index (χ1n) is 7.61. The number of hydrogen-bond acceptors (Lipinski definition) is 6. The van der Waals surface area contributed by atoms with Gasteiger partial charge in [0.1, 0.15) is 0 Å². The second-order valence-electron chi connectivity index (χ2n) is 5.58. The number of thiophene rings is 1. The summed E-state index contributed by atoms with van der Waals surface area (Å²) in [6.45, 7) is 4.65. The summed E-state index contributed by atoms with van der Waals surface area (Å²) in [5, 5.41) is 8.14. The van der Waals surface area contributed by atoms with Crippen molar-refractivity contribution in [2.75, 3.05) is 13.1 Å². The van der Waals surface area contributed by atoms with Gasteiger partial charge in [0.15, 0.2) is 0 Å². The molecule has 2 aromatic heterocycles. The van der Waals surface area contributed by atoms with Crippen LogP contribution in [0.3, 0.4) is 0 Å². The van der Waals surface area contributed by atoms with Gasteiger partial charge in [-0.15, -0.1) is 0 Å². The lowest BCUT2D eigenvalue weighted by atomic mass is 10.0. The fourth-order valence-corrected chi connectivity index (χ4v) is 3.87. The molecule has 2 unspecified atom stereocenters. The SMILES string of the molecule is CCN(Cc1nc(-c2ccsc2)no1)C1CCCC1CN. The van der Waals surface area contributed by atoms with Gasteiger partial charge in [0, 0.05) is 17.0 Å². The Bertz CT molecular complexity index is 554. The van der Waals surface area contributed by atoms with Crippen LogP contribution >= 0.6 is 11.3 Å². The van der Waals surface area contributed by atoms with Crippen molar-refractivity contribution in [3.8, 4) is 11.4 Å². The molecule has 0 saturated heterocycles. The highest BCUT2D eigenvalue weighted by Gasteiger charge is 2.31. The predicted octanol–water partition coefficient (Wildman–Crippen LogP) is 2.75. The van der Waals surface area contributed by atoms with E-state index in [1.165, 1.54) is 19.3 Å². The first-order chi connectivity index (χ1) is 10.3. The molecule has 0 aromatic carbocycles. The number of aromatic nitrogens is 2. The summed E-state index contributed by atoms with van der Waals surface area (Å²) in [6.07, 6.45) is 3.73. The van der Waals surface area contributed by atoms with E-state index in [-0.39, 0.29) is 0 Å². The van der Waals surface area contributed by atoms with E-state index in [4.69, 9.17) is 10.3 Å². The maximum atomic E-state index is 5.90. The zero-order chi connectivity index (χ0) is 14.7. The van der Waals surface area contributed by atoms with Crippen molar-refractivity contribution in [1.82, 2.24) is 15.0 Å². The molecule has 1 aliphatic rings. The minimum absolute atomic E-state index is 0.552. The van der Waals surface area contributed by atoms with Gasteiger partial charge in [0.2, 0.25) is 11.7 Å². The molecule has 2 atom stereocenters. The van der Waals surface area contributed by atoms with Crippen LogP contribution in [0.4, 0.5) is 0 Å². The zero-order valence-electron chi connectivity index (χ0n) is 12.4. The van der Waals surface area contributed by atoms with Gasteiger partial charge in [-0.05, 0) is 43.3 Å². The molecule has 6 heteroatoms. The van der Waals surface area contributed by atoms with Crippen LogP contribution in [0.2, 0.25) is 0 Å². The molecule has 5 nitrogen and oxygen atoms in total. The second-order valence-corrected chi connectivity index (χ2v) is 6.36. The van der Waals surface area contributed by atoms with Crippen LogP contribution in [0, 0.1) is 5.92 Å². The van der Waals surface area contributed by atoms with E-state index in [0.717, 1.165) is 25.2 Å². The lowest BCUT2D eigenvalue weighted by Gasteiger charge is -2.30. The Morgan fingerprint density at radius 3 is 3.10 bits per heavy atom. The first kappa shape index (κ1) is 14.7. The van der Waals surface area contributed by atoms with E-state index in [1.807, 2.05) is 16.8 Å². The van der Waals surface area contributed by atoms with E-state index in [9.17, 15) is 0 Å². The van der Waals surface area contributed by atoms with E-state index < -0.39 is 0 Å². The van der Waals surface area contributed by atoms with Crippen LogP contribution in [0.5, 0.6) is 0 Å². The number of rotatable bonds is 6. The highest BCUT2D eigenvalue weighted by molar-refractivity contribution is 7.08. The summed E-state index contributed by atoms with van der Waals surface area (Å²) < 4.78 is 5.42. The van der Waals surface area contributed by atoms with Crippen LogP contribution in [-0.4, -0.2) is 34.2 Å². The molecule has 0 radical (unpaired) electrons. The highest BCUT2D eigenvalue weighted by Crippen LogP contribution is 2.30. The van der Waals surface area contributed by atoms with Gasteiger partial charge in [0.05, 0.1) is 6.54 Å². The van der Waals surface area contributed by atoms with Gasteiger partial charge in [-0.1, -0.05) is 18.5 Å². The van der Waals surface area contributed by atoms with E-state index in [2.05, 4.69) is 22.0 Å². The smallest absolute Gasteiger partial charge is 0.241 e. The average Bonchev–Trinajstić information content (AvgIpc) is 3.23. The summed E-state index contributed by atoms with van der Waals surface area (Å²) >= 11 is 1.64. The van der Waals surface area contributed by atoms with Crippen molar-refractivity contribution in [2.45, 2.75) is 38.8 Å². The first-order valence-corrected chi connectivity index (χ1v) is 8.55. The minimum atomic E-state index is 0.552. The lowest BCUT2D eigenvalue weighted by Crippen LogP contribution is -2.39. The number of nitrogens with two attached hydrogens (primary N) is 1. The topological polar surface area (TPSA) is 68.2 Å². The summed E-state index contributed by atoms with van der Waals surface area (Å²) in [6, 6.07) is 2.56. The quantitative estimate of drug-likeness (QED) is 0.888. The molecule has 2 N–H and O–H groups in total. The van der Waals surface area contributed by atoms with Crippen molar-refractivity contribution >= 4 is 11.3 Å². The van der Waals surface area contributed by atoms with Gasteiger partial charge in [0.25, 0.3) is 0 Å². The van der Waals surface area contributed by atoms with Crippen LogP contribution in [0.25, 0.3) is 11.4 Å². The second kappa shape index (κ2) is 6.68. The Labute approximate surface area is 129 Å². The number of nitrogens with zero attached hydrogens (tertiary/aromatic N) is 3. The molecular weight excluding hydrogens is 284 g/mol. The fourth-order valence-electron chi connectivity index (χ4n) is 3.24. The Kier molecular flexibility index (Phi) is 4.67. The van der Waals surface area contributed by atoms with Crippen molar-refractivity contribution in [2.24, 2.45) is 11.7 Å². The van der Waals surface area contributed by atoms with Gasteiger partial charge in [-0.3, -0.25) is 4.90 Å². The molecule has 21 heavy (non-hydrogen) atoms. The Morgan fingerprint density at radius 2 is 2.38 bits per heavy atom. The monoisotopic (exact) mass is 306 g/mol. The van der Waals surface area contributed by atoms with Crippen LogP contribution in [-0.2, 0) is 6.54 Å². The third-order valence-electron chi connectivity index (χ3n) is 4.38. The molecule has 2 heterocycles. The van der Waals surface area contributed by atoms with Gasteiger partial charge < -0.3 is 10.3 Å². The van der Waals surface area contributed by atoms with Gasteiger partial charge in [-0.2, -0.15) is 16.3 Å². The van der Waals surface area contributed by atoms with E-state index in [0.29, 0.717) is 23.7 Å². The molecular formula is C15H22N4OS. The summed E-state index contributed by atoms with van der Waals surface area (Å²) in [4.78, 5) is 6.94. The van der Waals surface area contributed by atoms with Crippen molar-refractivity contribution < 1.29 is 4.52 Å². The molecule has 1 saturated carbocycles. The maximum absolute atomic E-state index is 5.90. The fraction of sp³-hybridized carbons (Fsp3) is 0.600. The summed E-state index contributed by atoms with van der Waals surface area (Å²) in [7, 11) is 0. The molecule has 2 aromatic rings. The standard InChI is InChI=1S/C15H22N4OS/c1-2-19(13-5-3-4-11(13)8-16)9-14-17-15(18-20-14)12-6-7-21-10-12/h6-7,10-11,13H,2-5,8-9,16H2,1H3.